The van der Waals surface area contributed by atoms with E-state index in [9.17, 15) is 5.11 Å². The molecule has 0 spiro atoms. The van der Waals surface area contributed by atoms with E-state index in [0.29, 0.717) is 17.3 Å². The van der Waals surface area contributed by atoms with Crippen LogP contribution in [0.5, 0.6) is 0 Å². The molecule has 28 heavy (non-hydrogen) atoms. The molecule has 1 aromatic carbocycles. The zero-order chi connectivity index (χ0) is 20.2. The Balaban J connectivity index is 1.48. The molecule has 0 saturated heterocycles. The molecule has 3 atom stereocenters. The molecular formula is C25H41NO2. The van der Waals surface area contributed by atoms with E-state index < -0.39 is 0 Å². The van der Waals surface area contributed by atoms with Gasteiger partial charge in [-0.1, -0.05) is 45.4 Å². The molecule has 1 aromatic rings. The first-order valence-corrected chi connectivity index (χ1v) is 11.4. The molecule has 1 fully saturated rings. The van der Waals surface area contributed by atoms with Crippen molar-refractivity contribution < 1.29 is 9.84 Å². The Hall–Kier alpha value is -0.900. The van der Waals surface area contributed by atoms with Crippen LogP contribution in [0.3, 0.4) is 0 Å². The van der Waals surface area contributed by atoms with Crippen molar-refractivity contribution in [1.82, 2.24) is 0 Å². The van der Waals surface area contributed by atoms with Gasteiger partial charge in [-0.3, -0.25) is 0 Å². The van der Waals surface area contributed by atoms with Crippen molar-refractivity contribution in [3.63, 3.8) is 0 Å². The molecule has 0 unspecified atom stereocenters. The maximum absolute atomic E-state index is 9.53. The van der Waals surface area contributed by atoms with Crippen LogP contribution >= 0.6 is 0 Å². The minimum atomic E-state index is -0.366. The molecule has 3 N–H and O–H groups in total. The summed E-state index contributed by atoms with van der Waals surface area (Å²) in [5.41, 5.74) is 10.8. The Labute approximate surface area is 172 Å². The van der Waals surface area contributed by atoms with Gasteiger partial charge in [0.05, 0.1) is 6.61 Å². The van der Waals surface area contributed by atoms with Gasteiger partial charge in [0.15, 0.2) is 0 Å². The Morgan fingerprint density at radius 2 is 2.04 bits per heavy atom. The molecule has 2 aliphatic carbocycles. The highest BCUT2D eigenvalue weighted by Gasteiger charge is 2.36. The molecule has 2 aliphatic rings. The van der Waals surface area contributed by atoms with Crippen molar-refractivity contribution >= 4 is 0 Å². The normalized spacial score (nSPS) is 27.8. The average Bonchev–Trinajstić information content (AvgIpc) is 3.08. The molecular weight excluding hydrogens is 346 g/mol. The number of benzene rings is 1. The van der Waals surface area contributed by atoms with Gasteiger partial charge in [-0.15, -0.1) is 0 Å². The van der Waals surface area contributed by atoms with Crippen LogP contribution in [0.15, 0.2) is 18.2 Å². The molecule has 3 heteroatoms. The van der Waals surface area contributed by atoms with E-state index in [4.69, 9.17) is 10.5 Å². The predicted molar refractivity (Wildman–Crippen MR) is 117 cm³/mol. The minimum absolute atomic E-state index is 0.103. The zero-order valence-corrected chi connectivity index (χ0v) is 18.3. The van der Waals surface area contributed by atoms with E-state index in [-0.39, 0.29) is 12.1 Å². The first-order valence-electron chi connectivity index (χ1n) is 11.4. The second kappa shape index (κ2) is 9.28. The van der Waals surface area contributed by atoms with Crippen LogP contribution < -0.4 is 5.73 Å². The minimum Gasteiger partial charge on any atom is -0.394 e. The quantitative estimate of drug-likeness (QED) is 0.587. The molecule has 0 bridgehead atoms. The van der Waals surface area contributed by atoms with Crippen molar-refractivity contribution in [1.29, 1.82) is 0 Å². The monoisotopic (exact) mass is 387 g/mol. The van der Waals surface area contributed by atoms with Gasteiger partial charge in [0.25, 0.3) is 0 Å². The summed E-state index contributed by atoms with van der Waals surface area (Å²) in [7, 11) is 0. The van der Waals surface area contributed by atoms with Gasteiger partial charge in [0, 0.05) is 18.8 Å². The van der Waals surface area contributed by atoms with Gasteiger partial charge in [0.1, 0.15) is 0 Å². The van der Waals surface area contributed by atoms with Gasteiger partial charge in [-0.05, 0) is 85.3 Å². The fourth-order valence-electron chi connectivity index (χ4n) is 5.23. The third-order valence-corrected chi connectivity index (χ3v) is 7.19. The maximum atomic E-state index is 9.53. The fourth-order valence-corrected chi connectivity index (χ4v) is 5.23. The largest absolute Gasteiger partial charge is 0.394 e. The number of aryl methyl sites for hydroxylation is 1. The number of ether oxygens (including phenoxy) is 1. The summed E-state index contributed by atoms with van der Waals surface area (Å²) in [6.45, 7) is 8.87. The number of fused-ring (bicyclic) bond motifs is 1. The summed E-state index contributed by atoms with van der Waals surface area (Å²) < 4.78 is 6.07. The van der Waals surface area contributed by atoms with Crippen LogP contribution in [0.1, 0.15) is 88.3 Å². The average molecular weight is 388 g/mol. The van der Waals surface area contributed by atoms with Crippen LogP contribution in [-0.4, -0.2) is 30.5 Å². The number of hydrogen-bond acceptors (Lipinski definition) is 3. The number of rotatable bonds is 9. The van der Waals surface area contributed by atoms with Crippen LogP contribution in [0.4, 0.5) is 0 Å². The lowest BCUT2D eigenvalue weighted by atomic mass is 9.82. The second-order valence-electron chi connectivity index (χ2n) is 10.3. The summed E-state index contributed by atoms with van der Waals surface area (Å²) in [5.74, 6) is 1.17. The number of aliphatic hydroxyl groups excluding tert-OH is 1. The standard InChI is InChI=1S/C25H41NO2/c1-4-10-24(2,3)12-13-28-17-19-5-6-21-15-22(8-7-20(21)14-19)23-9-11-25(26,16-23)18-27/h7-8,15,19,23,27H,4-6,9-14,16-18,26H2,1-3H3/t19-,23+,25-/m1/s1. The third-order valence-electron chi connectivity index (χ3n) is 7.19. The molecule has 3 nitrogen and oxygen atoms in total. The van der Waals surface area contributed by atoms with Gasteiger partial charge in [-0.2, -0.15) is 0 Å². The highest BCUT2D eigenvalue weighted by Crippen LogP contribution is 2.40. The Morgan fingerprint density at radius 1 is 1.21 bits per heavy atom. The van der Waals surface area contributed by atoms with E-state index in [0.717, 1.165) is 45.3 Å². The smallest absolute Gasteiger partial charge is 0.0611 e. The summed E-state index contributed by atoms with van der Waals surface area (Å²) >= 11 is 0. The Morgan fingerprint density at radius 3 is 2.75 bits per heavy atom. The highest BCUT2D eigenvalue weighted by molar-refractivity contribution is 5.36. The maximum Gasteiger partial charge on any atom is 0.0611 e. The first kappa shape index (κ1) is 21.8. The van der Waals surface area contributed by atoms with E-state index in [1.807, 2.05) is 0 Å². The molecule has 1 saturated carbocycles. The van der Waals surface area contributed by atoms with Gasteiger partial charge in [0.2, 0.25) is 0 Å². The lowest BCUT2D eigenvalue weighted by molar-refractivity contribution is 0.0707. The number of hydrogen-bond donors (Lipinski definition) is 2. The Bertz CT molecular complexity index is 641. The van der Waals surface area contributed by atoms with Crippen molar-refractivity contribution in [3.8, 4) is 0 Å². The summed E-state index contributed by atoms with van der Waals surface area (Å²) in [6.07, 6.45) is 10.2. The Kier molecular flexibility index (Phi) is 7.22. The van der Waals surface area contributed by atoms with Crippen LogP contribution in [0.2, 0.25) is 0 Å². The molecule has 0 aromatic heterocycles. The van der Waals surface area contributed by atoms with E-state index in [1.165, 1.54) is 42.4 Å². The summed E-state index contributed by atoms with van der Waals surface area (Å²) in [6, 6.07) is 7.08. The SMILES string of the molecule is CCCC(C)(C)CCOC[C@@H]1CCc2cc([C@H]3CC[C@](N)(CO)C3)ccc2C1. The van der Waals surface area contributed by atoms with Crippen molar-refractivity contribution in [3.05, 3.63) is 34.9 Å². The third kappa shape index (κ3) is 5.58. The van der Waals surface area contributed by atoms with Gasteiger partial charge < -0.3 is 15.6 Å². The lowest BCUT2D eigenvalue weighted by Gasteiger charge is -2.27. The summed E-state index contributed by atoms with van der Waals surface area (Å²) in [4.78, 5) is 0. The zero-order valence-electron chi connectivity index (χ0n) is 18.3. The first-order chi connectivity index (χ1) is 13.3. The summed E-state index contributed by atoms with van der Waals surface area (Å²) in [5, 5.41) is 9.53. The van der Waals surface area contributed by atoms with Crippen molar-refractivity contribution in [2.45, 2.75) is 90.0 Å². The number of aliphatic hydroxyl groups is 1. The molecule has 0 aliphatic heterocycles. The molecule has 158 valence electrons. The van der Waals surface area contributed by atoms with Gasteiger partial charge >= 0.3 is 0 Å². The highest BCUT2D eigenvalue weighted by atomic mass is 16.5. The van der Waals surface area contributed by atoms with Crippen LogP contribution in [-0.2, 0) is 17.6 Å². The molecule has 0 amide bonds. The van der Waals surface area contributed by atoms with Crippen molar-refractivity contribution in [2.24, 2.45) is 17.1 Å². The molecule has 0 heterocycles. The number of nitrogens with two attached hydrogens (primary N) is 1. The topological polar surface area (TPSA) is 55.5 Å². The van der Waals surface area contributed by atoms with E-state index in [2.05, 4.69) is 39.0 Å². The van der Waals surface area contributed by atoms with Crippen LogP contribution in [0, 0.1) is 11.3 Å². The molecule has 0 radical (unpaired) electrons. The molecule has 3 rings (SSSR count). The fraction of sp³-hybridized carbons (Fsp3) is 0.760. The van der Waals surface area contributed by atoms with Crippen molar-refractivity contribution in [2.75, 3.05) is 19.8 Å². The lowest BCUT2D eigenvalue weighted by Crippen LogP contribution is -2.40. The second-order valence-corrected chi connectivity index (χ2v) is 10.3. The van der Waals surface area contributed by atoms with Gasteiger partial charge in [-0.25, -0.2) is 0 Å². The van der Waals surface area contributed by atoms with E-state index >= 15 is 0 Å². The van der Waals surface area contributed by atoms with Crippen LogP contribution in [0.25, 0.3) is 0 Å². The predicted octanol–water partition coefficient (Wildman–Crippen LogP) is 4.98. The van der Waals surface area contributed by atoms with E-state index in [1.54, 1.807) is 0 Å².